The minimum absolute atomic E-state index is 0.156. The maximum Gasteiger partial charge on any atom is 0.232 e. The van der Waals surface area contributed by atoms with Gasteiger partial charge in [-0.2, -0.15) is 0 Å². The standard InChI is InChI=1S/C20H26N2O4S/c1-4-26-19-13-9-17(10-14-19)21-20(23)6-5-15-22(27(3,24)25)18-11-7-16(2)8-12-18/h7-14H,4-6,15H2,1-3H3,(H,21,23). The number of carbonyl (C=O) groups excluding carboxylic acids is 1. The van der Waals surface area contributed by atoms with Gasteiger partial charge in [-0.05, 0) is 56.7 Å². The van der Waals surface area contributed by atoms with Crippen molar-refractivity contribution in [2.75, 3.05) is 29.0 Å². The van der Waals surface area contributed by atoms with Gasteiger partial charge in [0.25, 0.3) is 0 Å². The van der Waals surface area contributed by atoms with Gasteiger partial charge in [0.05, 0.1) is 18.6 Å². The van der Waals surface area contributed by atoms with Gasteiger partial charge >= 0.3 is 0 Å². The van der Waals surface area contributed by atoms with Crippen LogP contribution in [0.4, 0.5) is 11.4 Å². The van der Waals surface area contributed by atoms with Crippen LogP contribution < -0.4 is 14.4 Å². The molecule has 0 radical (unpaired) electrons. The van der Waals surface area contributed by atoms with Gasteiger partial charge in [0, 0.05) is 18.7 Å². The maximum atomic E-state index is 12.1. The molecule has 0 aromatic heterocycles. The molecular formula is C20H26N2O4S. The number of hydrogen-bond donors (Lipinski definition) is 1. The first-order valence-electron chi connectivity index (χ1n) is 8.86. The molecule has 27 heavy (non-hydrogen) atoms. The highest BCUT2D eigenvalue weighted by atomic mass is 32.2. The molecule has 0 bridgehead atoms. The van der Waals surface area contributed by atoms with Crippen LogP contribution >= 0.6 is 0 Å². The number of sulfonamides is 1. The second-order valence-electron chi connectivity index (χ2n) is 6.28. The number of nitrogens with zero attached hydrogens (tertiary/aromatic N) is 1. The molecule has 0 aliphatic heterocycles. The van der Waals surface area contributed by atoms with Gasteiger partial charge in [0.15, 0.2) is 0 Å². The van der Waals surface area contributed by atoms with Gasteiger partial charge in [0.1, 0.15) is 5.75 Å². The van der Waals surface area contributed by atoms with Crippen molar-refractivity contribution in [2.45, 2.75) is 26.7 Å². The zero-order valence-corrected chi connectivity index (χ0v) is 16.8. The Bertz CT molecular complexity index is 847. The van der Waals surface area contributed by atoms with Crippen LogP contribution in [0.3, 0.4) is 0 Å². The van der Waals surface area contributed by atoms with E-state index in [-0.39, 0.29) is 18.9 Å². The highest BCUT2D eigenvalue weighted by Crippen LogP contribution is 2.19. The summed E-state index contributed by atoms with van der Waals surface area (Å²) >= 11 is 0. The highest BCUT2D eigenvalue weighted by molar-refractivity contribution is 7.92. The minimum Gasteiger partial charge on any atom is -0.494 e. The molecule has 0 saturated heterocycles. The van der Waals surface area contributed by atoms with Crippen LogP contribution in [-0.4, -0.2) is 33.7 Å². The Morgan fingerprint density at radius 2 is 1.70 bits per heavy atom. The molecule has 1 N–H and O–H groups in total. The summed E-state index contributed by atoms with van der Waals surface area (Å²) in [6, 6.07) is 14.4. The summed E-state index contributed by atoms with van der Waals surface area (Å²) in [5, 5.41) is 2.81. The zero-order valence-electron chi connectivity index (χ0n) is 15.9. The average molecular weight is 391 g/mol. The van der Waals surface area contributed by atoms with Gasteiger partial charge < -0.3 is 10.1 Å². The first kappa shape index (κ1) is 20.8. The van der Waals surface area contributed by atoms with Crippen LogP contribution in [-0.2, 0) is 14.8 Å². The third kappa shape index (κ3) is 6.60. The normalized spacial score (nSPS) is 11.1. The SMILES string of the molecule is CCOc1ccc(NC(=O)CCCN(c2ccc(C)cc2)S(C)(=O)=O)cc1. The summed E-state index contributed by atoms with van der Waals surface area (Å²) in [5.41, 5.74) is 2.35. The maximum absolute atomic E-state index is 12.1. The summed E-state index contributed by atoms with van der Waals surface area (Å²) in [6.45, 7) is 4.69. The van der Waals surface area contributed by atoms with E-state index in [0.29, 0.717) is 24.4 Å². The molecule has 1 amide bonds. The van der Waals surface area contributed by atoms with Crippen molar-refractivity contribution >= 4 is 27.3 Å². The molecule has 2 rings (SSSR count). The summed E-state index contributed by atoms with van der Waals surface area (Å²) in [5.74, 6) is 0.592. The number of rotatable bonds is 9. The lowest BCUT2D eigenvalue weighted by Crippen LogP contribution is -2.31. The fourth-order valence-corrected chi connectivity index (χ4v) is 3.57. The number of anilines is 2. The van der Waals surface area contributed by atoms with Crippen molar-refractivity contribution in [1.82, 2.24) is 0 Å². The van der Waals surface area contributed by atoms with Crippen LogP contribution in [0, 0.1) is 6.92 Å². The van der Waals surface area contributed by atoms with Crippen LogP contribution in [0.2, 0.25) is 0 Å². The second-order valence-corrected chi connectivity index (χ2v) is 8.19. The van der Waals surface area contributed by atoms with E-state index < -0.39 is 10.0 Å². The number of aryl methyl sites for hydroxylation is 1. The molecule has 146 valence electrons. The number of carbonyl (C=O) groups is 1. The molecule has 0 saturated carbocycles. The minimum atomic E-state index is -3.41. The number of hydrogen-bond acceptors (Lipinski definition) is 4. The molecule has 0 fully saturated rings. The lowest BCUT2D eigenvalue weighted by molar-refractivity contribution is -0.116. The summed E-state index contributed by atoms with van der Waals surface area (Å²) < 4.78 is 30.9. The third-order valence-corrected chi connectivity index (χ3v) is 5.13. The van der Waals surface area contributed by atoms with E-state index in [1.54, 1.807) is 36.4 Å². The molecule has 0 aliphatic rings. The van der Waals surface area contributed by atoms with Crippen molar-refractivity contribution in [3.05, 3.63) is 54.1 Å². The molecular weight excluding hydrogens is 364 g/mol. The van der Waals surface area contributed by atoms with Gasteiger partial charge in [-0.3, -0.25) is 9.10 Å². The molecule has 0 atom stereocenters. The van der Waals surface area contributed by atoms with E-state index in [0.717, 1.165) is 11.3 Å². The predicted molar refractivity (Wildman–Crippen MR) is 109 cm³/mol. The highest BCUT2D eigenvalue weighted by Gasteiger charge is 2.17. The fraction of sp³-hybridized carbons (Fsp3) is 0.350. The molecule has 7 heteroatoms. The van der Waals surface area contributed by atoms with Crippen molar-refractivity contribution in [2.24, 2.45) is 0 Å². The molecule has 0 heterocycles. The predicted octanol–water partition coefficient (Wildman–Crippen LogP) is 3.58. The van der Waals surface area contributed by atoms with Crippen LogP contribution in [0.1, 0.15) is 25.3 Å². The Balaban J connectivity index is 1.90. The van der Waals surface area contributed by atoms with Gasteiger partial charge in [0.2, 0.25) is 15.9 Å². The molecule has 0 spiro atoms. The Morgan fingerprint density at radius 1 is 1.07 bits per heavy atom. The Morgan fingerprint density at radius 3 is 2.26 bits per heavy atom. The smallest absolute Gasteiger partial charge is 0.232 e. The molecule has 2 aromatic carbocycles. The topological polar surface area (TPSA) is 75.7 Å². The van der Waals surface area contributed by atoms with Crippen molar-refractivity contribution in [3.8, 4) is 5.75 Å². The third-order valence-electron chi connectivity index (χ3n) is 3.94. The van der Waals surface area contributed by atoms with E-state index in [1.165, 1.54) is 10.6 Å². The first-order valence-corrected chi connectivity index (χ1v) is 10.7. The Labute approximate surface area is 161 Å². The van der Waals surface area contributed by atoms with Crippen molar-refractivity contribution in [3.63, 3.8) is 0 Å². The first-order chi connectivity index (χ1) is 12.8. The fourth-order valence-electron chi connectivity index (χ4n) is 2.61. The number of nitrogens with one attached hydrogen (secondary N) is 1. The van der Waals surface area contributed by atoms with E-state index in [2.05, 4.69) is 5.32 Å². The quantitative estimate of drug-likeness (QED) is 0.710. The molecule has 0 aliphatic carbocycles. The lowest BCUT2D eigenvalue weighted by Gasteiger charge is -2.22. The average Bonchev–Trinajstić information content (AvgIpc) is 2.61. The largest absolute Gasteiger partial charge is 0.494 e. The van der Waals surface area contributed by atoms with E-state index in [4.69, 9.17) is 4.74 Å². The summed E-state index contributed by atoms with van der Waals surface area (Å²) in [4.78, 5) is 12.1. The van der Waals surface area contributed by atoms with E-state index in [1.807, 2.05) is 26.0 Å². The van der Waals surface area contributed by atoms with Gasteiger partial charge in [-0.25, -0.2) is 8.42 Å². The van der Waals surface area contributed by atoms with Crippen molar-refractivity contribution in [1.29, 1.82) is 0 Å². The number of ether oxygens (including phenoxy) is 1. The number of benzene rings is 2. The van der Waals surface area contributed by atoms with Crippen molar-refractivity contribution < 1.29 is 17.9 Å². The monoisotopic (exact) mass is 390 g/mol. The number of amides is 1. The Hall–Kier alpha value is -2.54. The van der Waals surface area contributed by atoms with Crippen LogP contribution in [0.5, 0.6) is 5.75 Å². The molecule has 0 unspecified atom stereocenters. The molecule has 6 nitrogen and oxygen atoms in total. The van der Waals surface area contributed by atoms with Gasteiger partial charge in [-0.1, -0.05) is 17.7 Å². The molecule has 2 aromatic rings. The Kier molecular flexibility index (Phi) is 7.24. The summed E-state index contributed by atoms with van der Waals surface area (Å²) in [6.07, 6.45) is 1.82. The van der Waals surface area contributed by atoms with E-state index >= 15 is 0 Å². The lowest BCUT2D eigenvalue weighted by atomic mass is 10.2. The zero-order chi connectivity index (χ0) is 19.9. The summed E-state index contributed by atoms with van der Waals surface area (Å²) in [7, 11) is -3.41. The van der Waals surface area contributed by atoms with Crippen LogP contribution in [0.25, 0.3) is 0 Å². The van der Waals surface area contributed by atoms with Crippen LogP contribution in [0.15, 0.2) is 48.5 Å². The van der Waals surface area contributed by atoms with E-state index in [9.17, 15) is 13.2 Å². The van der Waals surface area contributed by atoms with Gasteiger partial charge in [-0.15, -0.1) is 0 Å². The second kappa shape index (κ2) is 9.41.